The molecular formula is C21H27ClN4O. The van der Waals surface area contributed by atoms with Crippen molar-refractivity contribution in [1.82, 2.24) is 4.90 Å². The Kier molecular flexibility index (Phi) is 6.58. The summed E-state index contributed by atoms with van der Waals surface area (Å²) in [4.78, 5) is 7.00. The van der Waals surface area contributed by atoms with Gasteiger partial charge in [-0.25, -0.2) is 0 Å². The molecule has 1 heterocycles. The van der Waals surface area contributed by atoms with Crippen molar-refractivity contribution in [2.24, 2.45) is 16.6 Å². The van der Waals surface area contributed by atoms with Crippen molar-refractivity contribution in [2.45, 2.75) is 18.9 Å². The number of nitrogens with zero attached hydrogens (tertiary/aromatic N) is 2. The second-order valence-electron chi connectivity index (χ2n) is 6.97. The number of nitrogens with two attached hydrogens (primary N) is 1. The second-order valence-corrected chi connectivity index (χ2v) is 7.40. The van der Waals surface area contributed by atoms with Gasteiger partial charge in [-0.2, -0.15) is 0 Å². The van der Waals surface area contributed by atoms with E-state index in [4.69, 9.17) is 22.1 Å². The number of methoxy groups -OCH3 is 1. The molecule has 1 aliphatic rings. The van der Waals surface area contributed by atoms with Gasteiger partial charge in [0, 0.05) is 29.4 Å². The number of rotatable bonds is 5. The van der Waals surface area contributed by atoms with Gasteiger partial charge in [0.05, 0.1) is 7.11 Å². The summed E-state index contributed by atoms with van der Waals surface area (Å²) in [5.74, 6) is 1.59. The van der Waals surface area contributed by atoms with Crippen LogP contribution in [0.1, 0.15) is 24.4 Å². The molecule has 144 valence electrons. The van der Waals surface area contributed by atoms with Gasteiger partial charge in [0.2, 0.25) is 0 Å². The van der Waals surface area contributed by atoms with Crippen molar-refractivity contribution in [3.63, 3.8) is 0 Å². The number of guanidine groups is 1. The lowest BCUT2D eigenvalue weighted by atomic mass is 9.85. The van der Waals surface area contributed by atoms with Crippen molar-refractivity contribution in [3.8, 4) is 5.75 Å². The Balaban J connectivity index is 1.70. The molecule has 1 fully saturated rings. The predicted octanol–water partition coefficient (Wildman–Crippen LogP) is 4.16. The number of benzene rings is 2. The van der Waals surface area contributed by atoms with Gasteiger partial charge < -0.3 is 15.8 Å². The van der Waals surface area contributed by atoms with Crippen LogP contribution in [0.3, 0.4) is 0 Å². The number of likely N-dealkylation sites (tertiary alicyclic amines) is 1. The molecular weight excluding hydrogens is 360 g/mol. The predicted molar refractivity (Wildman–Crippen MR) is 113 cm³/mol. The van der Waals surface area contributed by atoms with Crippen LogP contribution in [0.25, 0.3) is 0 Å². The van der Waals surface area contributed by atoms with E-state index in [2.05, 4.69) is 34.4 Å². The third kappa shape index (κ3) is 5.15. The van der Waals surface area contributed by atoms with Gasteiger partial charge in [-0.3, -0.25) is 9.89 Å². The number of anilines is 1. The van der Waals surface area contributed by atoms with Gasteiger partial charge in [0.15, 0.2) is 5.96 Å². The summed E-state index contributed by atoms with van der Waals surface area (Å²) >= 11 is 6.22. The minimum absolute atomic E-state index is 0.297. The first-order valence-corrected chi connectivity index (χ1v) is 9.61. The first-order valence-electron chi connectivity index (χ1n) is 9.23. The maximum absolute atomic E-state index is 6.22. The lowest BCUT2D eigenvalue weighted by Gasteiger charge is -2.39. The molecule has 0 aromatic heterocycles. The number of hydrogen-bond donors (Lipinski definition) is 2. The highest BCUT2D eigenvalue weighted by Gasteiger charge is 2.30. The first-order chi connectivity index (χ1) is 13.1. The zero-order chi connectivity index (χ0) is 19.2. The van der Waals surface area contributed by atoms with E-state index in [9.17, 15) is 0 Å². The Hall–Kier alpha value is -2.24. The maximum atomic E-state index is 6.22. The molecule has 1 saturated heterocycles. The van der Waals surface area contributed by atoms with E-state index in [0.717, 1.165) is 35.8 Å². The van der Waals surface area contributed by atoms with Gasteiger partial charge in [0.1, 0.15) is 5.75 Å². The van der Waals surface area contributed by atoms with Crippen molar-refractivity contribution in [3.05, 3.63) is 59.1 Å². The van der Waals surface area contributed by atoms with Gasteiger partial charge in [0.25, 0.3) is 0 Å². The smallest absolute Gasteiger partial charge is 0.193 e. The molecule has 0 aliphatic carbocycles. The molecule has 3 N–H and O–H groups in total. The molecule has 3 rings (SSSR count). The van der Waals surface area contributed by atoms with Crippen LogP contribution in [-0.2, 0) is 0 Å². The number of halogens is 1. The number of nitrogens with one attached hydrogen (secondary N) is 1. The number of ether oxygens (including phenoxy) is 1. The van der Waals surface area contributed by atoms with Crippen molar-refractivity contribution in [1.29, 1.82) is 0 Å². The summed E-state index contributed by atoms with van der Waals surface area (Å²) in [7, 11) is 3.81. The van der Waals surface area contributed by atoms with Crippen LogP contribution in [0.4, 0.5) is 5.69 Å². The summed E-state index contributed by atoms with van der Waals surface area (Å²) < 4.78 is 5.24. The molecule has 0 saturated carbocycles. The van der Waals surface area contributed by atoms with Crippen LogP contribution < -0.4 is 15.8 Å². The quantitative estimate of drug-likeness (QED) is 0.598. The average Bonchev–Trinajstić information content (AvgIpc) is 2.66. The van der Waals surface area contributed by atoms with E-state index in [0.29, 0.717) is 24.5 Å². The molecule has 6 heteroatoms. The van der Waals surface area contributed by atoms with Gasteiger partial charge in [-0.15, -0.1) is 0 Å². The number of piperidine rings is 1. The molecule has 0 bridgehead atoms. The van der Waals surface area contributed by atoms with E-state index in [1.165, 1.54) is 5.56 Å². The summed E-state index contributed by atoms with van der Waals surface area (Å²) in [5, 5.41) is 3.92. The van der Waals surface area contributed by atoms with E-state index in [1.54, 1.807) is 7.11 Å². The minimum atomic E-state index is 0.297. The Labute approximate surface area is 166 Å². The van der Waals surface area contributed by atoms with Crippen molar-refractivity contribution >= 4 is 23.2 Å². The fraction of sp³-hybridized carbons (Fsp3) is 0.381. The summed E-state index contributed by atoms with van der Waals surface area (Å²) in [6.45, 7) is 1.75. The second kappa shape index (κ2) is 9.11. The highest BCUT2D eigenvalue weighted by atomic mass is 35.5. The van der Waals surface area contributed by atoms with Gasteiger partial charge >= 0.3 is 0 Å². The molecule has 2 aromatic rings. The molecule has 2 aromatic carbocycles. The van der Waals surface area contributed by atoms with E-state index >= 15 is 0 Å². The molecule has 2 unspecified atom stereocenters. The SMILES string of the molecule is COc1cccc(NC(N)=NCC2CCCN(C)C2c2cccc(Cl)c2)c1. The van der Waals surface area contributed by atoms with Crippen molar-refractivity contribution in [2.75, 3.05) is 32.6 Å². The van der Waals surface area contributed by atoms with Crippen LogP contribution in [0.2, 0.25) is 5.02 Å². The normalized spacial score (nSPS) is 21.1. The lowest BCUT2D eigenvalue weighted by molar-refractivity contribution is 0.125. The van der Waals surface area contributed by atoms with Crippen molar-refractivity contribution < 1.29 is 4.74 Å². The largest absolute Gasteiger partial charge is 0.497 e. The van der Waals surface area contributed by atoms with Gasteiger partial charge in [-0.1, -0.05) is 29.8 Å². The summed E-state index contributed by atoms with van der Waals surface area (Å²) in [5.41, 5.74) is 8.22. The Morgan fingerprint density at radius 3 is 2.89 bits per heavy atom. The highest BCUT2D eigenvalue weighted by Crippen LogP contribution is 2.36. The monoisotopic (exact) mass is 386 g/mol. The fourth-order valence-corrected chi connectivity index (χ4v) is 3.97. The third-order valence-electron chi connectivity index (χ3n) is 5.04. The Morgan fingerprint density at radius 1 is 1.30 bits per heavy atom. The molecule has 0 amide bonds. The zero-order valence-electron chi connectivity index (χ0n) is 15.9. The molecule has 0 radical (unpaired) electrons. The maximum Gasteiger partial charge on any atom is 0.193 e. The van der Waals surface area contributed by atoms with Crippen LogP contribution in [0.15, 0.2) is 53.5 Å². The van der Waals surface area contributed by atoms with Gasteiger partial charge in [-0.05, 0) is 62.2 Å². The van der Waals surface area contributed by atoms with Crippen LogP contribution in [0, 0.1) is 5.92 Å². The highest BCUT2D eigenvalue weighted by molar-refractivity contribution is 6.30. The Morgan fingerprint density at radius 2 is 2.11 bits per heavy atom. The fourth-order valence-electron chi connectivity index (χ4n) is 3.77. The number of hydrogen-bond acceptors (Lipinski definition) is 3. The molecule has 0 spiro atoms. The van der Waals surface area contributed by atoms with E-state index in [1.807, 2.05) is 36.4 Å². The topological polar surface area (TPSA) is 62.9 Å². The lowest BCUT2D eigenvalue weighted by Crippen LogP contribution is -2.38. The summed E-state index contributed by atoms with van der Waals surface area (Å²) in [6, 6.07) is 16.1. The van der Waals surface area contributed by atoms with E-state index < -0.39 is 0 Å². The summed E-state index contributed by atoms with van der Waals surface area (Å²) in [6.07, 6.45) is 2.29. The standard InChI is InChI=1S/C21H27ClN4O/c1-26-11-5-7-16(20(26)15-6-3-8-17(22)12-15)14-24-21(23)25-18-9-4-10-19(13-18)27-2/h3-4,6,8-10,12-13,16,20H,5,7,11,14H2,1-2H3,(H3,23,24,25). The Bertz CT molecular complexity index is 795. The van der Waals surface area contributed by atoms with Crippen LogP contribution in [-0.4, -0.2) is 38.1 Å². The molecule has 5 nitrogen and oxygen atoms in total. The third-order valence-corrected chi connectivity index (χ3v) is 5.27. The van der Waals surface area contributed by atoms with Crippen LogP contribution >= 0.6 is 11.6 Å². The van der Waals surface area contributed by atoms with Crippen LogP contribution in [0.5, 0.6) is 5.75 Å². The molecule has 1 aliphatic heterocycles. The molecule has 27 heavy (non-hydrogen) atoms. The first kappa shape index (κ1) is 19.5. The zero-order valence-corrected chi connectivity index (χ0v) is 16.6. The van der Waals surface area contributed by atoms with E-state index in [-0.39, 0.29) is 0 Å². The molecule has 2 atom stereocenters. The minimum Gasteiger partial charge on any atom is -0.497 e. The average molecular weight is 387 g/mol. The number of aliphatic imine (C=N–C) groups is 1.